The van der Waals surface area contributed by atoms with Gasteiger partial charge in [0.1, 0.15) is 6.10 Å². The Morgan fingerprint density at radius 2 is 1.63 bits per heavy atom. The molecule has 0 aliphatic heterocycles. The molecular weight excluding hydrogens is 340 g/mol. The Morgan fingerprint density at radius 3 is 2.19 bits per heavy atom. The van der Waals surface area contributed by atoms with Gasteiger partial charge in [0.2, 0.25) is 0 Å². The van der Waals surface area contributed by atoms with Gasteiger partial charge in [-0.1, -0.05) is 32.9 Å². The van der Waals surface area contributed by atoms with Crippen molar-refractivity contribution < 1.29 is 14.3 Å². The van der Waals surface area contributed by atoms with Crippen LogP contribution in [0.3, 0.4) is 0 Å². The lowest BCUT2D eigenvalue weighted by molar-refractivity contribution is 0.0596. The quantitative estimate of drug-likeness (QED) is 0.815. The number of alkyl carbamates (subject to hydrolysis) is 1. The van der Waals surface area contributed by atoms with Crippen molar-refractivity contribution in [3.63, 3.8) is 0 Å². The minimum absolute atomic E-state index is 0.0287. The van der Waals surface area contributed by atoms with Crippen molar-refractivity contribution in [2.45, 2.75) is 90.3 Å². The maximum Gasteiger partial charge on any atom is 0.407 e. The summed E-state index contributed by atoms with van der Waals surface area (Å²) in [5.74, 6) is -0.0692. The predicted molar refractivity (Wildman–Crippen MR) is 108 cm³/mol. The van der Waals surface area contributed by atoms with E-state index in [1.54, 1.807) is 0 Å². The Kier molecular flexibility index (Phi) is 6.55. The van der Waals surface area contributed by atoms with Gasteiger partial charge in [0.05, 0.1) is 0 Å². The number of amides is 2. The average Bonchev–Trinajstić information content (AvgIpc) is 2.52. The van der Waals surface area contributed by atoms with E-state index in [-0.39, 0.29) is 29.0 Å². The zero-order valence-corrected chi connectivity index (χ0v) is 17.5. The van der Waals surface area contributed by atoms with Crippen molar-refractivity contribution in [1.29, 1.82) is 0 Å². The molecule has 1 aliphatic carbocycles. The number of ether oxygens (including phenoxy) is 1. The summed E-state index contributed by atoms with van der Waals surface area (Å²) in [6.45, 7) is 12.2. The second-order valence-corrected chi connectivity index (χ2v) is 9.57. The summed E-state index contributed by atoms with van der Waals surface area (Å²) in [6.07, 6.45) is 2.79. The highest BCUT2D eigenvalue weighted by Crippen LogP contribution is 2.24. The fourth-order valence-corrected chi connectivity index (χ4v) is 3.26. The summed E-state index contributed by atoms with van der Waals surface area (Å²) in [7, 11) is 0. The summed E-state index contributed by atoms with van der Waals surface area (Å²) in [4.78, 5) is 24.5. The van der Waals surface area contributed by atoms with E-state index in [0.29, 0.717) is 12.0 Å². The molecule has 0 spiro atoms. The topological polar surface area (TPSA) is 67.4 Å². The Balaban J connectivity index is 1.89. The maximum absolute atomic E-state index is 12.6. The van der Waals surface area contributed by atoms with E-state index in [1.165, 1.54) is 5.56 Å². The van der Waals surface area contributed by atoms with Gasteiger partial charge in [-0.3, -0.25) is 4.79 Å². The fraction of sp³-hybridized carbons (Fsp3) is 0.636. The zero-order valence-electron chi connectivity index (χ0n) is 17.5. The molecule has 1 aromatic rings. The van der Waals surface area contributed by atoms with Crippen LogP contribution in [0.15, 0.2) is 24.3 Å². The normalized spacial score (nSPS) is 20.7. The van der Waals surface area contributed by atoms with Crippen LogP contribution >= 0.6 is 0 Å². The van der Waals surface area contributed by atoms with Gasteiger partial charge in [0, 0.05) is 23.6 Å². The number of rotatable bonds is 3. The highest BCUT2D eigenvalue weighted by Gasteiger charge is 2.27. The summed E-state index contributed by atoms with van der Waals surface area (Å²) in [5.41, 5.74) is 1.61. The van der Waals surface area contributed by atoms with Crippen LogP contribution in [-0.2, 0) is 10.2 Å². The lowest BCUT2D eigenvalue weighted by Gasteiger charge is -2.30. The highest BCUT2D eigenvalue weighted by molar-refractivity contribution is 5.94. The Bertz CT molecular complexity index is 654. The highest BCUT2D eigenvalue weighted by atomic mass is 16.6. The molecule has 0 saturated heterocycles. The van der Waals surface area contributed by atoms with Gasteiger partial charge in [0.15, 0.2) is 0 Å². The van der Waals surface area contributed by atoms with E-state index in [4.69, 9.17) is 4.74 Å². The lowest BCUT2D eigenvalue weighted by atomic mass is 9.86. The standard InChI is InChI=1S/C22H34N2O3/c1-21(2,3)16-12-10-15(11-13-16)19(25)23-17-8-7-9-18(14-17)27-20(26)24-22(4,5)6/h10-13,17-18H,7-9,14H2,1-6H3,(H,23,25)(H,24,26). The molecule has 5 heteroatoms. The molecule has 0 bridgehead atoms. The molecule has 1 aliphatic rings. The van der Waals surface area contributed by atoms with Crippen molar-refractivity contribution in [3.05, 3.63) is 35.4 Å². The number of carbonyl (C=O) groups excluding carboxylic acids is 2. The van der Waals surface area contributed by atoms with Crippen molar-refractivity contribution in [1.82, 2.24) is 10.6 Å². The average molecular weight is 375 g/mol. The first-order valence-corrected chi connectivity index (χ1v) is 9.84. The Labute approximate surface area is 163 Å². The van der Waals surface area contributed by atoms with Crippen LogP contribution in [-0.4, -0.2) is 29.7 Å². The van der Waals surface area contributed by atoms with Crippen LogP contribution in [0.25, 0.3) is 0 Å². The first-order chi connectivity index (χ1) is 12.4. The molecule has 2 rings (SSSR count). The number of carbonyl (C=O) groups is 2. The van der Waals surface area contributed by atoms with Gasteiger partial charge in [-0.25, -0.2) is 4.79 Å². The van der Waals surface area contributed by atoms with Crippen LogP contribution in [0.1, 0.15) is 83.1 Å². The summed E-state index contributed by atoms with van der Waals surface area (Å²) < 4.78 is 5.54. The summed E-state index contributed by atoms with van der Waals surface area (Å²) in [6, 6.07) is 7.81. The minimum atomic E-state index is -0.391. The van der Waals surface area contributed by atoms with Gasteiger partial charge in [-0.05, 0) is 63.1 Å². The molecule has 5 nitrogen and oxygen atoms in total. The van der Waals surface area contributed by atoms with E-state index in [0.717, 1.165) is 19.3 Å². The van der Waals surface area contributed by atoms with Gasteiger partial charge in [0.25, 0.3) is 5.91 Å². The molecular formula is C22H34N2O3. The van der Waals surface area contributed by atoms with Gasteiger partial charge >= 0.3 is 6.09 Å². The molecule has 0 heterocycles. The first kappa shape index (κ1) is 21.3. The minimum Gasteiger partial charge on any atom is -0.446 e. The third-order valence-corrected chi connectivity index (χ3v) is 4.73. The van der Waals surface area contributed by atoms with Gasteiger partial charge < -0.3 is 15.4 Å². The zero-order chi connectivity index (χ0) is 20.2. The number of benzene rings is 1. The Hall–Kier alpha value is -2.04. The first-order valence-electron chi connectivity index (χ1n) is 9.84. The SMILES string of the molecule is CC(C)(C)NC(=O)OC1CCCC(NC(=O)c2ccc(C(C)(C)C)cc2)C1. The predicted octanol–water partition coefficient (Wildman–Crippen LogP) is 4.55. The molecule has 150 valence electrons. The molecule has 1 aromatic carbocycles. The third-order valence-electron chi connectivity index (χ3n) is 4.73. The van der Waals surface area contributed by atoms with E-state index in [1.807, 2.05) is 45.0 Å². The maximum atomic E-state index is 12.6. The van der Waals surface area contributed by atoms with E-state index >= 15 is 0 Å². The second-order valence-electron chi connectivity index (χ2n) is 9.57. The van der Waals surface area contributed by atoms with Crippen LogP contribution in [0.5, 0.6) is 0 Å². The van der Waals surface area contributed by atoms with Crippen LogP contribution in [0, 0.1) is 0 Å². The molecule has 0 aromatic heterocycles. The second kappa shape index (κ2) is 8.32. The van der Waals surface area contributed by atoms with E-state index in [2.05, 4.69) is 31.4 Å². The Morgan fingerprint density at radius 1 is 1.00 bits per heavy atom. The van der Waals surface area contributed by atoms with Crippen LogP contribution in [0.4, 0.5) is 4.79 Å². The summed E-state index contributed by atoms with van der Waals surface area (Å²) >= 11 is 0. The van der Waals surface area contributed by atoms with Gasteiger partial charge in [-0.2, -0.15) is 0 Å². The molecule has 1 fully saturated rings. The van der Waals surface area contributed by atoms with Crippen LogP contribution < -0.4 is 10.6 Å². The van der Waals surface area contributed by atoms with Crippen molar-refractivity contribution in [3.8, 4) is 0 Å². The molecule has 2 amide bonds. The van der Waals surface area contributed by atoms with Gasteiger partial charge in [-0.15, -0.1) is 0 Å². The smallest absolute Gasteiger partial charge is 0.407 e. The lowest BCUT2D eigenvalue weighted by Crippen LogP contribution is -2.45. The third kappa shape index (κ3) is 6.89. The number of hydrogen-bond acceptors (Lipinski definition) is 3. The monoisotopic (exact) mass is 374 g/mol. The van der Waals surface area contributed by atoms with E-state index < -0.39 is 6.09 Å². The van der Waals surface area contributed by atoms with Crippen molar-refractivity contribution in [2.75, 3.05) is 0 Å². The molecule has 0 radical (unpaired) electrons. The van der Waals surface area contributed by atoms with Crippen LogP contribution in [0.2, 0.25) is 0 Å². The molecule has 2 atom stereocenters. The summed E-state index contributed by atoms with van der Waals surface area (Å²) in [5, 5.41) is 5.91. The fourth-order valence-electron chi connectivity index (χ4n) is 3.26. The number of nitrogens with one attached hydrogen (secondary N) is 2. The molecule has 1 saturated carbocycles. The van der Waals surface area contributed by atoms with Crippen molar-refractivity contribution >= 4 is 12.0 Å². The number of hydrogen-bond donors (Lipinski definition) is 2. The van der Waals surface area contributed by atoms with Crippen molar-refractivity contribution in [2.24, 2.45) is 0 Å². The molecule has 2 unspecified atom stereocenters. The van der Waals surface area contributed by atoms with E-state index in [9.17, 15) is 9.59 Å². The largest absolute Gasteiger partial charge is 0.446 e. The molecule has 27 heavy (non-hydrogen) atoms. The molecule has 2 N–H and O–H groups in total.